The molecule has 1 aliphatic rings. The van der Waals surface area contributed by atoms with Crippen LogP contribution in [0.25, 0.3) is 0 Å². The first-order chi connectivity index (χ1) is 6.18. The van der Waals surface area contributed by atoms with E-state index in [1.54, 1.807) is 0 Å². The lowest BCUT2D eigenvalue weighted by atomic mass is 9.81. The first-order valence-corrected chi connectivity index (χ1v) is 5.79. The Morgan fingerprint density at radius 3 is 2.31 bits per heavy atom. The first kappa shape index (κ1) is 11.0. The third-order valence-electron chi connectivity index (χ3n) is 3.49. The highest BCUT2D eigenvalue weighted by Crippen LogP contribution is 2.41. The van der Waals surface area contributed by atoms with Crippen molar-refractivity contribution in [1.29, 1.82) is 0 Å². The van der Waals surface area contributed by atoms with Gasteiger partial charge in [-0.1, -0.05) is 39.5 Å². The molecule has 1 nitrogen and oxygen atoms in total. The summed E-state index contributed by atoms with van der Waals surface area (Å²) in [6, 6.07) is 0. The standard InChI is InChI=1S/C12H24O/c1-11(2)6-5-9-12(10-13)7-3-4-8-12/h11,13H,3-10H2,1-2H3. The molecule has 0 aromatic carbocycles. The van der Waals surface area contributed by atoms with E-state index >= 15 is 0 Å². The van der Waals surface area contributed by atoms with Crippen LogP contribution in [0.1, 0.15) is 58.8 Å². The van der Waals surface area contributed by atoms with Crippen LogP contribution < -0.4 is 0 Å². The van der Waals surface area contributed by atoms with Gasteiger partial charge in [0, 0.05) is 6.61 Å². The van der Waals surface area contributed by atoms with Crippen LogP contribution in [0.4, 0.5) is 0 Å². The average Bonchev–Trinajstić information content (AvgIpc) is 2.53. The Kier molecular flexibility index (Phi) is 4.24. The number of hydrogen-bond donors (Lipinski definition) is 1. The Balaban J connectivity index is 2.23. The van der Waals surface area contributed by atoms with E-state index in [1.165, 1.54) is 44.9 Å². The zero-order valence-corrected chi connectivity index (χ0v) is 9.18. The summed E-state index contributed by atoms with van der Waals surface area (Å²) in [6.45, 7) is 4.98. The Hall–Kier alpha value is -0.0400. The highest BCUT2D eigenvalue weighted by atomic mass is 16.3. The lowest BCUT2D eigenvalue weighted by Gasteiger charge is -2.26. The topological polar surface area (TPSA) is 20.2 Å². The van der Waals surface area contributed by atoms with Crippen molar-refractivity contribution < 1.29 is 5.11 Å². The molecule has 78 valence electrons. The lowest BCUT2D eigenvalue weighted by Crippen LogP contribution is -2.21. The molecule has 0 radical (unpaired) electrons. The normalized spacial score (nSPS) is 21.2. The first-order valence-electron chi connectivity index (χ1n) is 5.79. The number of aliphatic hydroxyl groups is 1. The molecule has 0 aromatic rings. The molecule has 0 atom stereocenters. The van der Waals surface area contributed by atoms with E-state index < -0.39 is 0 Å². The van der Waals surface area contributed by atoms with Crippen molar-refractivity contribution in [1.82, 2.24) is 0 Å². The largest absolute Gasteiger partial charge is 0.396 e. The van der Waals surface area contributed by atoms with Crippen LogP contribution >= 0.6 is 0 Å². The van der Waals surface area contributed by atoms with E-state index in [0.29, 0.717) is 12.0 Å². The summed E-state index contributed by atoms with van der Waals surface area (Å²) in [5.74, 6) is 0.817. The minimum atomic E-state index is 0.328. The van der Waals surface area contributed by atoms with E-state index in [4.69, 9.17) is 0 Å². The summed E-state index contributed by atoms with van der Waals surface area (Å²) in [6.07, 6.45) is 9.08. The van der Waals surface area contributed by atoms with Gasteiger partial charge in [0.2, 0.25) is 0 Å². The van der Waals surface area contributed by atoms with Crippen molar-refractivity contribution in [3.05, 3.63) is 0 Å². The molecular weight excluding hydrogens is 160 g/mol. The van der Waals surface area contributed by atoms with Gasteiger partial charge in [-0.3, -0.25) is 0 Å². The molecule has 0 unspecified atom stereocenters. The quantitative estimate of drug-likeness (QED) is 0.694. The molecule has 1 saturated carbocycles. The molecule has 0 saturated heterocycles. The van der Waals surface area contributed by atoms with Crippen molar-refractivity contribution in [3.63, 3.8) is 0 Å². The molecule has 0 heterocycles. The fraction of sp³-hybridized carbons (Fsp3) is 1.00. The van der Waals surface area contributed by atoms with E-state index in [0.717, 1.165) is 5.92 Å². The van der Waals surface area contributed by atoms with Crippen molar-refractivity contribution >= 4 is 0 Å². The molecule has 1 aliphatic carbocycles. The van der Waals surface area contributed by atoms with Crippen molar-refractivity contribution in [2.45, 2.75) is 58.8 Å². The van der Waals surface area contributed by atoms with Crippen LogP contribution in [0.2, 0.25) is 0 Å². The van der Waals surface area contributed by atoms with E-state index in [2.05, 4.69) is 13.8 Å². The number of aliphatic hydroxyl groups excluding tert-OH is 1. The molecule has 1 heteroatoms. The van der Waals surface area contributed by atoms with Crippen LogP contribution in [0.5, 0.6) is 0 Å². The van der Waals surface area contributed by atoms with Crippen LogP contribution in [-0.2, 0) is 0 Å². The Bertz CT molecular complexity index is 134. The summed E-state index contributed by atoms with van der Waals surface area (Å²) in [4.78, 5) is 0. The summed E-state index contributed by atoms with van der Waals surface area (Å²) in [5, 5.41) is 9.38. The fourth-order valence-corrected chi connectivity index (χ4v) is 2.50. The summed E-state index contributed by atoms with van der Waals surface area (Å²) in [5.41, 5.74) is 0.328. The number of hydrogen-bond acceptors (Lipinski definition) is 1. The molecule has 1 N–H and O–H groups in total. The number of rotatable bonds is 5. The van der Waals surface area contributed by atoms with Crippen molar-refractivity contribution in [2.75, 3.05) is 6.61 Å². The van der Waals surface area contributed by atoms with Crippen LogP contribution in [-0.4, -0.2) is 11.7 Å². The van der Waals surface area contributed by atoms with E-state index in [1.807, 2.05) is 0 Å². The van der Waals surface area contributed by atoms with Crippen molar-refractivity contribution in [3.8, 4) is 0 Å². The predicted octanol–water partition coefficient (Wildman–Crippen LogP) is 3.37. The van der Waals surface area contributed by atoms with Gasteiger partial charge >= 0.3 is 0 Å². The zero-order chi connectivity index (χ0) is 9.73. The highest BCUT2D eigenvalue weighted by molar-refractivity contribution is 4.83. The van der Waals surface area contributed by atoms with Gasteiger partial charge in [0.25, 0.3) is 0 Å². The second kappa shape index (κ2) is 4.99. The molecule has 0 spiro atoms. The minimum absolute atomic E-state index is 0.328. The molecular formula is C12H24O. The predicted molar refractivity (Wildman–Crippen MR) is 56.7 cm³/mol. The fourth-order valence-electron chi connectivity index (χ4n) is 2.50. The third-order valence-corrected chi connectivity index (χ3v) is 3.49. The maximum Gasteiger partial charge on any atom is 0.0487 e. The van der Waals surface area contributed by atoms with Gasteiger partial charge in [-0.25, -0.2) is 0 Å². The van der Waals surface area contributed by atoms with Gasteiger partial charge in [-0.05, 0) is 30.6 Å². The maximum absolute atomic E-state index is 9.38. The van der Waals surface area contributed by atoms with Crippen LogP contribution in [0, 0.1) is 11.3 Å². The summed E-state index contributed by atoms with van der Waals surface area (Å²) < 4.78 is 0. The molecule has 0 aromatic heterocycles. The van der Waals surface area contributed by atoms with Gasteiger partial charge < -0.3 is 5.11 Å². The summed E-state index contributed by atoms with van der Waals surface area (Å²) >= 11 is 0. The van der Waals surface area contributed by atoms with Gasteiger partial charge in [0.1, 0.15) is 0 Å². The SMILES string of the molecule is CC(C)CCCC1(CO)CCCC1. The molecule has 13 heavy (non-hydrogen) atoms. The Morgan fingerprint density at radius 2 is 1.85 bits per heavy atom. The zero-order valence-electron chi connectivity index (χ0n) is 9.18. The molecule has 0 aliphatic heterocycles. The highest BCUT2D eigenvalue weighted by Gasteiger charge is 2.32. The second-order valence-electron chi connectivity index (χ2n) is 5.15. The molecule has 1 rings (SSSR count). The van der Waals surface area contributed by atoms with Crippen LogP contribution in [0.15, 0.2) is 0 Å². The van der Waals surface area contributed by atoms with E-state index in [-0.39, 0.29) is 0 Å². The Labute approximate surface area is 82.5 Å². The lowest BCUT2D eigenvalue weighted by molar-refractivity contribution is 0.116. The monoisotopic (exact) mass is 184 g/mol. The smallest absolute Gasteiger partial charge is 0.0487 e. The summed E-state index contributed by atoms with van der Waals surface area (Å²) in [7, 11) is 0. The average molecular weight is 184 g/mol. The molecule has 0 bridgehead atoms. The second-order valence-corrected chi connectivity index (χ2v) is 5.15. The molecule has 0 amide bonds. The van der Waals surface area contributed by atoms with Gasteiger partial charge in [0.15, 0.2) is 0 Å². The van der Waals surface area contributed by atoms with Gasteiger partial charge in [-0.15, -0.1) is 0 Å². The third kappa shape index (κ3) is 3.30. The Morgan fingerprint density at radius 1 is 1.23 bits per heavy atom. The van der Waals surface area contributed by atoms with Crippen LogP contribution in [0.3, 0.4) is 0 Å². The van der Waals surface area contributed by atoms with E-state index in [9.17, 15) is 5.11 Å². The van der Waals surface area contributed by atoms with Gasteiger partial charge in [-0.2, -0.15) is 0 Å². The van der Waals surface area contributed by atoms with Gasteiger partial charge in [0.05, 0.1) is 0 Å². The minimum Gasteiger partial charge on any atom is -0.396 e. The maximum atomic E-state index is 9.38. The molecule has 1 fully saturated rings. The van der Waals surface area contributed by atoms with Crippen molar-refractivity contribution in [2.24, 2.45) is 11.3 Å².